The number of hydrogen-bond donors (Lipinski definition) is 1. The predicted molar refractivity (Wildman–Crippen MR) is 102 cm³/mol. The summed E-state index contributed by atoms with van der Waals surface area (Å²) in [6.45, 7) is 6.00. The highest BCUT2D eigenvalue weighted by atomic mass is 35.5. The quantitative estimate of drug-likeness (QED) is 0.726. The van der Waals surface area contributed by atoms with Crippen LogP contribution < -0.4 is 4.72 Å². The number of rotatable bonds is 7. The fourth-order valence-corrected chi connectivity index (χ4v) is 4.64. The Hall–Kier alpha value is -1.67. The van der Waals surface area contributed by atoms with Crippen molar-refractivity contribution in [3.05, 3.63) is 63.3 Å². The topological polar surface area (TPSA) is 66.5 Å². The Morgan fingerprint density at radius 3 is 2.72 bits per heavy atom. The summed E-state index contributed by atoms with van der Waals surface area (Å²) in [6, 6.07) is 6.24. The van der Waals surface area contributed by atoms with Gasteiger partial charge in [-0.3, -0.25) is 4.79 Å². The van der Waals surface area contributed by atoms with E-state index >= 15 is 0 Å². The summed E-state index contributed by atoms with van der Waals surface area (Å²) in [4.78, 5) is 15.2. The highest BCUT2D eigenvalue weighted by molar-refractivity contribution is 7.89. The third kappa shape index (κ3) is 4.70. The lowest BCUT2D eigenvalue weighted by molar-refractivity contribution is 0.0786. The second-order valence-electron chi connectivity index (χ2n) is 5.47. The number of thiophene rings is 1. The highest BCUT2D eigenvalue weighted by Crippen LogP contribution is 2.24. The van der Waals surface area contributed by atoms with Gasteiger partial charge in [0, 0.05) is 24.0 Å². The third-order valence-corrected chi connectivity index (χ3v) is 6.49. The van der Waals surface area contributed by atoms with Gasteiger partial charge in [-0.2, -0.15) is 0 Å². The van der Waals surface area contributed by atoms with Crippen molar-refractivity contribution < 1.29 is 13.2 Å². The van der Waals surface area contributed by atoms with Gasteiger partial charge in [-0.1, -0.05) is 17.7 Å². The zero-order valence-corrected chi connectivity index (χ0v) is 16.3. The number of nitrogens with one attached hydrogen (secondary N) is 1. The molecule has 1 heterocycles. The molecule has 0 saturated carbocycles. The van der Waals surface area contributed by atoms with Gasteiger partial charge in [0.25, 0.3) is 5.91 Å². The monoisotopic (exact) mass is 398 g/mol. The van der Waals surface area contributed by atoms with E-state index in [1.54, 1.807) is 23.3 Å². The second kappa shape index (κ2) is 8.14. The van der Waals surface area contributed by atoms with Crippen molar-refractivity contribution in [2.75, 3.05) is 13.6 Å². The van der Waals surface area contributed by atoms with Crippen molar-refractivity contribution in [3.8, 4) is 0 Å². The van der Waals surface area contributed by atoms with Crippen molar-refractivity contribution in [1.29, 1.82) is 0 Å². The first kappa shape index (κ1) is 19.7. The molecule has 0 unspecified atom stereocenters. The number of carbonyl (C=O) groups is 1. The van der Waals surface area contributed by atoms with Crippen LogP contribution in [0.3, 0.4) is 0 Å². The number of carbonyl (C=O) groups excluding carboxylic acids is 1. The highest BCUT2D eigenvalue weighted by Gasteiger charge is 2.21. The number of sulfonamides is 1. The maximum atomic E-state index is 12.6. The number of amides is 1. The number of halogens is 1. The molecule has 0 radical (unpaired) electrons. The lowest BCUT2D eigenvalue weighted by Gasteiger charge is -2.18. The first-order chi connectivity index (χ1) is 11.8. The minimum atomic E-state index is -3.81. The van der Waals surface area contributed by atoms with Crippen molar-refractivity contribution in [2.45, 2.75) is 18.4 Å². The fourth-order valence-electron chi connectivity index (χ4n) is 2.16. The van der Waals surface area contributed by atoms with Crippen LogP contribution >= 0.6 is 22.9 Å². The number of benzene rings is 1. The standard InChI is InChI=1S/C17H19ClN2O3S2/c1-4-8-19-25(22,23)16-10-13(5-6-14(16)18)17(21)20(3)11-15-12(2)7-9-24-15/h4-7,9-10,19H,1,8,11H2,2-3H3. The molecule has 2 aromatic rings. The first-order valence-corrected chi connectivity index (χ1v) is 10.2. The lowest BCUT2D eigenvalue weighted by atomic mass is 10.2. The molecular weight excluding hydrogens is 380 g/mol. The summed E-state index contributed by atoms with van der Waals surface area (Å²) in [5.41, 5.74) is 1.39. The maximum Gasteiger partial charge on any atom is 0.253 e. The molecule has 0 aliphatic rings. The first-order valence-electron chi connectivity index (χ1n) is 7.45. The van der Waals surface area contributed by atoms with Gasteiger partial charge in [0.2, 0.25) is 10.0 Å². The van der Waals surface area contributed by atoms with Gasteiger partial charge in [-0.05, 0) is 42.1 Å². The number of hydrogen-bond acceptors (Lipinski definition) is 4. The van der Waals surface area contributed by atoms with Crippen molar-refractivity contribution >= 4 is 38.9 Å². The lowest BCUT2D eigenvalue weighted by Crippen LogP contribution is -2.27. The smallest absolute Gasteiger partial charge is 0.253 e. The van der Waals surface area contributed by atoms with Crippen LogP contribution in [0.25, 0.3) is 0 Å². The van der Waals surface area contributed by atoms with E-state index in [9.17, 15) is 13.2 Å². The minimum Gasteiger partial charge on any atom is -0.337 e. The van der Waals surface area contributed by atoms with Crippen LogP contribution in [-0.2, 0) is 16.6 Å². The Morgan fingerprint density at radius 1 is 1.40 bits per heavy atom. The van der Waals surface area contributed by atoms with E-state index in [2.05, 4.69) is 11.3 Å². The van der Waals surface area contributed by atoms with E-state index in [1.165, 1.54) is 24.3 Å². The molecule has 25 heavy (non-hydrogen) atoms. The summed E-state index contributed by atoms with van der Waals surface area (Å²) in [5, 5.41) is 2.03. The largest absolute Gasteiger partial charge is 0.337 e. The van der Waals surface area contributed by atoms with Gasteiger partial charge < -0.3 is 4.90 Å². The predicted octanol–water partition coefficient (Wildman–Crippen LogP) is 3.45. The summed E-state index contributed by atoms with van der Waals surface area (Å²) in [7, 11) is -2.13. The minimum absolute atomic E-state index is 0.0601. The van der Waals surface area contributed by atoms with Gasteiger partial charge in [-0.15, -0.1) is 17.9 Å². The number of aryl methyl sites for hydroxylation is 1. The molecule has 1 aromatic heterocycles. The molecule has 1 aromatic carbocycles. The molecule has 0 aliphatic carbocycles. The Morgan fingerprint density at radius 2 is 2.12 bits per heavy atom. The van der Waals surface area contributed by atoms with Gasteiger partial charge >= 0.3 is 0 Å². The second-order valence-corrected chi connectivity index (χ2v) is 8.62. The molecule has 0 aliphatic heterocycles. The molecule has 134 valence electrons. The van der Waals surface area contributed by atoms with Gasteiger partial charge in [-0.25, -0.2) is 13.1 Å². The van der Waals surface area contributed by atoms with E-state index in [1.807, 2.05) is 18.4 Å². The van der Waals surface area contributed by atoms with Crippen molar-refractivity contribution in [3.63, 3.8) is 0 Å². The molecule has 8 heteroatoms. The SMILES string of the molecule is C=CCNS(=O)(=O)c1cc(C(=O)N(C)Cc2sccc2C)ccc1Cl. The summed E-state index contributed by atoms with van der Waals surface area (Å²) in [6.07, 6.45) is 1.43. The summed E-state index contributed by atoms with van der Waals surface area (Å²) < 4.78 is 26.9. The van der Waals surface area contributed by atoms with E-state index < -0.39 is 10.0 Å². The molecule has 0 bridgehead atoms. The molecule has 1 amide bonds. The summed E-state index contributed by atoms with van der Waals surface area (Å²) >= 11 is 7.59. The van der Waals surface area contributed by atoms with Crippen molar-refractivity contribution in [2.24, 2.45) is 0 Å². The Balaban J connectivity index is 2.27. The summed E-state index contributed by atoms with van der Waals surface area (Å²) in [5.74, 6) is -0.273. The molecular formula is C17H19ClN2O3S2. The van der Waals surface area contributed by atoms with Crippen molar-refractivity contribution in [1.82, 2.24) is 9.62 Å². The van der Waals surface area contributed by atoms with E-state index in [0.29, 0.717) is 6.54 Å². The molecule has 0 spiro atoms. The third-order valence-electron chi connectivity index (χ3n) is 3.58. The van der Waals surface area contributed by atoms with Gasteiger partial charge in [0.05, 0.1) is 11.6 Å². The molecule has 0 fully saturated rings. The number of nitrogens with zero attached hydrogens (tertiary/aromatic N) is 1. The average Bonchev–Trinajstić information content (AvgIpc) is 2.97. The van der Waals surface area contributed by atoms with E-state index in [-0.39, 0.29) is 27.9 Å². The van der Waals surface area contributed by atoms with Gasteiger partial charge in [0.15, 0.2) is 0 Å². The molecule has 0 saturated heterocycles. The zero-order chi connectivity index (χ0) is 18.6. The van der Waals surface area contributed by atoms with Crippen LogP contribution in [0.5, 0.6) is 0 Å². The Labute approximate surface area is 157 Å². The van der Waals surface area contributed by atoms with Crippen LogP contribution in [0.1, 0.15) is 20.8 Å². The Kier molecular flexibility index (Phi) is 6.40. The van der Waals surface area contributed by atoms with E-state index in [0.717, 1.165) is 10.4 Å². The maximum absolute atomic E-state index is 12.6. The van der Waals surface area contributed by atoms with Crippen LogP contribution in [0.4, 0.5) is 0 Å². The molecule has 5 nitrogen and oxygen atoms in total. The normalized spacial score (nSPS) is 11.3. The fraction of sp³-hybridized carbons (Fsp3) is 0.235. The van der Waals surface area contributed by atoms with Gasteiger partial charge in [0.1, 0.15) is 4.90 Å². The molecule has 1 N–H and O–H groups in total. The molecule has 2 rings (SSSR count). The van der Waals surface area contributed by atoms with Crippen LogP contribution in [0, 0.1) is 6.92 Å². The van der Waals surface area contributed by atoms with Crippen LogP contribution in [0.2, 0.25) is 5.02 Å². The average molecular weight is 399 g/mol. The van der Waals surface area contributed by atoms with E-state index in [4.69, 9.17) is 11.6 Å². The zero-order valence-electron chi connectivity index (χ0n) is 14.0. The van der Waals surface area contributed by atoms with Crippen LogP contribution in [0.15, 0.2) is 47.2 Å². The van der Waals surface area contributed by atoms with Crippen LogP contribution in [-0.4, -0.2) is 32.8 Å². The molecule has 0 atom stereocenters. The Bertz CT molecular complexity index is 891.